The van der Waals surface area contributed by atoms with Crippen LogP contribution < -0.4 is 15.0 Å². The van der Waals surface area contributed by atoms with Gasteiger partial charge in [-0.3, -0.25) is 0 Å². The van der Waals surface area contributed by atoms with E-state index in [1.165, 1.54) is 0 Å². The summed E-state index contributed by atoms with van der Waals surface area (Å²) >= 11 is 0. The van der Waals surface area contributed by atoms with Gasteiger partial charge in [0.25, 0.3) is 0 Å². The molecule has 0 radical (unpaired) electrons. The van der Waals surface area contributed by atoms with Crippen LogP contribution in [0.1, 0.15) is 12.8 Å². The average molecular weight is 334 g/mol. The van der Waals surface area contributed by atoms with Crippen LogP contribution in [0.25, 0.3) is 0 Å². The Morgan fingerprint density at radius 3 is 3.12 bits per heavy atom. The summed E-state index contributed by atoms with van der Waals surface area (Å²) in [6.07, 6.45) is 3.62. The first-order valence-corrected chi connectivity index (χ1v) is 8.53. The van der Waals surface area contributed by atoms with Gasteiger partial charge in [-0.25, -0.2) is 9.78 Å². The molecule has 2 amide bonds. The van der Waals surface area contributed by atoms with Crippen molar-refractivity contribution in [2.24, 2.45) is 5.92 Å². The van der Waals surface area contributed by atoms with Crippen LogP contribution in [-0.4, -0.2) is 69.0 Å². The number of aromatic nitrogens is 1. The highest BCUT2D eigenvalue weighted by atomic mass is 16.5. The Morgan fingerprint density at radius 1 is 1.50 bits per heavy atom. The van der Waals surface area contributed by atoms with Crippen LogP contribution >= 0.6 is 0 Å². The van der Waals surface area contributed by atoms with Crippen LogP contribution in [0.5, 0.6) is 5.75 Å². The highest BCUT2D eigenvalue weighted by molar-refractivity contribution is 5.74. The molecule has 3 heterocycles. The molecule has 7 heteroatoms. The average Bonchev–Trinajstić information content (AvgIpc) is 3.24. The van der Waals surface area contributed by atoms with Crippen LogP contribution in [0.3, 0.4) is 0 Å². The number of urea groups is 1. The molecular weight excluding hydrogens is 308 g/mol. The number of nitrogens with one attached hydrogen (secondary N) is 1. The van der Waals surface area contributed by atoms with Crippen molar-refractivity contribution >= 4 is 11.8 Å². The summed E-state index contributed by atoms with van der Waals surface area (Å²) in [7, 11) is 3.88. The van der Waals surface area contributed by atoms with Crippen molar-refractivity contribution < 1.29 is 14.3 Å². The van der Waals surface area contributed by atoms with Crippen LogP contribution in [0, 0.1) is 5.92 Å². The third-order valence-corrected chi connectivity index (χ3v) is 4.47. The lowest BCUT2D eigenvalue weighted by Crippen LogP contribution is -2.41. The molecule has 2 atom stereocenters. The van der Waals surface area contributed by atoms with Gasteiger partial charge in [0.2, 0.25) is 0 Å². The minimum atomic E-state index is -0.00739. The van der Waals surface area contributed by atoms with Crippen molar-refractivity contribution in [2.75, 3.05) is 51.8 Å². The van der Waals surface area contributed by atoms with E-state index in [2.05, 4.69) is 10.3 Å². The molecule has 0 unspecified atom stereocenters. The predicted molar refractivity (Wildman–Crippen MR) is 91.5 cm³/mol. The largest absolute Gasteiger partial charge is 0.485 e. The van der Waals surface area contributed by atoms with Gasteiger partial charge >= 0.3 is 6.03 Å². The molecule has 2 aliphatic rings. The first-order chi connectivity index (χ1) is 11.6. The quantitative estimate of drug-likeness (QED) is 0.880. The first-order valence-electron chi connectivity index (χ1n) is 8.53. The van der Waals surface area contributed by atoms with Crippen LogP contribution in [0.2, 0.25) is 0 Å². The number of likely N-dealkylation sites (tertiary alicyclic amines) is 1. The van der Waals surface area contributed by atoms with Crippen LogP contribution in [0.4, 0.5) is 10.6 Å². The maximum atomic E-state index is 12.3. The second-order valence-corrected chi connectivity index (χ2v) is 6.61. The van der Waals surface area contributed by atoms with Crippen molar-refractivity contribution in [3.8, 4) is 5.75 Å². The predicted octanol–water partition coefficient (Wildman–Crippen LogP) is 1.35. The third-order valence-electron chi connectivity index (χ3n) is 4.47. The van der Waals surface area contributed by atoms with Crippen molar-refractivity contribution in [3.05, 3.63) is 18.3 Å². The molecule has 0 aromatic carbocycles. The minimum absolute atomic E-state index is 0.00739. The number of ether oxygens (including phenoxy) is 2. The fourth-order valence-electron chi connectivity index (χ4n) is 3.09. The molecule has 132 valence electrons. The number of carbonyl (C=O) groups is 1. The molecular formula is C17H26N4O3. The number of hydrogen-bond acceptors (Lipinski definition) is 5. The number of carbonyl (C=O) groups excluding carboxylic acids is 1. The number of rotatable bonds is 5. The smallest absolute Gasteiger partial charge is 0.317 e. The molecule has 0 aliphatic carbocycles. The van der Waals surface area contributed by atoms with E-state index in [1.807, 2.05) is 36.0 Å². The van der Waals surface area contributed by atoms with Gasteiger partial charge in [-0.2, -0.15) is 0 Å². The van der Waals surface area contributed by atoms with Crippen molar-refractivity contribution in [3.63, 3.8) is 0 Å². The maximum Gasteiger partial charge on any atom is 0.317 e. The molecule has 0 saturated carbocycles. The van der Waals surface area contributed by atoms with Gasteiger partial charge in [-0.05, 0) is 18.6 Å². The van der Waals surface area contributed by atoms with E-state index >= 15 is 0 Å². The summed E-state index contributed by atoms with van der Waals surface area (Å²) in [4.78, 5) is 20.4. The van der Waals surface area contributed by atoms with Crippen molar-refractivity contribution in [2.45, 2.75) is 18.9 Å². The van der Waals surface area contributed by atoms with Crippen LogP contribution in [-0.2, 0) is 4.74 Å². The standard InChI is InChI=1S/C17H26N4O3/c1-20(2)16-15(4-3-7-18-16)24-14-5-8-21(11-14)17(22)19-10-13-6-9-23-12-13/h3-4,7,13-14H,5-6,8-12H2,1-2H3,(H,19,22)/t13-,14-/m0/s1. The second-order valence-electron chi connectivity index (χ2n) is 6.61. The summed E-state index contributed by atoms with van der Waals surface area (Å²) < 4.78 is 11.4. The second kappa shape index (κ2) is 7.70. The number of anilines is 1. The molecule has 24 heavy (non-hydrogen) atoms. The van der Waals surface area contributed by atoms with Gasteiger partial charge in [0, 0.05) is 52.3 Å². The minimum Gasteiger partial charge on any atom is -0.485 e. The molecule has 7 nitrogen and oxygen atoms in total. The first kappa shape index (κ1) is 16.8. The molecule has 1 N–H and O–H groups in total. The highest BCUT2D eigenvalue weighted by Gasteiger charge is 2.29. The summed E-state index contributed by atoms with van der Waals surface area (Å²) in [5.74, 6) is 2.01. The number of pyridine rings is 1. The molecule has 1 aromatic heterocycles. The molecule has 0 spiro atoms. The normalized spacial score (nSPS) is 23.3. The molecule has 0 bridgehead atoms. The summed E-state index contributed by atoms with van der Waals surface area (Å²) in [6.45, 7) is 3.57. The van der Waals surface area contributed by atoms with E-state index in [4.69, 9.17) is 9.47 Å². The SMILES string of the molecule is CN(C)c1ncccc1O[C@H]1CCN(C(=O)NC[C@@H]2CCOC2)C1. The topological polar surface area (TPSA) is 66.9 Å². The van der Waals surface area contributed by atoms with E-state index in [9.17, 15) is 4.79 Å². The van der Waals surface area contributed by atoms with E-state index < -0.39 is 0 Å². The summed E-state index contributed by atoms with van der Waals surface area (Å²) in [5.41, 5.74) is 0. The van der Waals surface area contributed by atoms with Gasteiger partial charge < -0.3 is 24.6 Å². The fourth-order valence-corrected chi connectivity index (χ4v) is 3.09. The molecule has 2 saturated heterocycles. The molecule has 2 aliphatic heterocycles. The zero-order valence-electron chi connectivity index (χ0n) is 14.4. The summed E-state index contributed by atoms with van der Waals surface area (Å²) in [5, 5.41) is 3.01. The van der Waals surface area contributed by atoms with Crippen LogP contribution in [0.15, 0.2) is 18.3 Å². The Kier molecular flexibility index (Phi) is 5.40. The van der Waals surface area contributed by atoms with E-state index in [0.29, 0.717) is 19.0 Å². The van der Waals surface area contributed by atoms with E-state index in [1.54, 1.807) is 6.20 Å². The van der Waals surface area contributed by atoms with Gasteiger partial charge in [0.15, 0.2) is 11.6 Å². The lowest BCUT2D eigenvalue weighted by molar-refractivity contribution is 0.178. The Hall–Kier alpha value is -2.02. The Bertz CT molecular complexity index is 561. The lowest BCUT2D eigenvalue weighted by atomic mass is 10.1. The van der Waals surface area contributed by atoms with Gasteiger partial charge in [0.1, 0.15) is 6.10 Å². The van der Waals surface area contributed by atoms with Gasteiger partial charge in [-0.1, -0.05) is 0 Å². The Labute approximate surface area is 142 Å². The Morgan fingerprint density at radius 2 is 2.38 bits per heavy atom. The maximum absolute atomic E-state index is 12.3. The third kappa shape index (κ3) is 4.08. The molecule has 1 aromatic rings. The highest BCUT2D eigenvalue weighted by Crippen LogP contribution is 2.26. The molecule has 2 fully saturated rings. The zero-order valence-corrected chi connectivity index (χ0v) is 14.4. The fraction of sp³-hybridized carbons (Fsp3) is 0.647. The number of hydrogen-bond donors (Lipinski definition) is 1. The zero-order chi connectivity index (χ0) is 16.9. The van der Waals surface area contributed by atoms with Crippen molar-refractivity contribution in [1.82, 2.24) is 15.2 Å². The van der Waals surface area contributed by atoms with E-state index in [0.717, 1.165) is 44.2 Å². The van der Waals surface area contributed by atoms with Crippen molar-refractivity contribution in [1.29, 1.82) is 0 Å². The Balaban J connectivity index is 1.49. The van der Waals surface area contributed by atoms with Gasteiger partial charge in [-0.15, -0.1) is 0 Å². The monoisotopic (exact) mass is 334 g/mol. The number of amides is 2. The van der Waals surface area contributed by atoms with Gasteiger partial charge in [0.05, 0.1) is 13.2 Å². The number of nitrogens with zero attached hydrogens (tertiary/aromatic N) is 3. The lowest BCUT2D eigenvalue weighted by Gasteiger charge is -2.21. The van der Waals surface area contributed by atoms with E-state index in [-0.39, 0.29) is 12.1 Å². The summed E-state index contributed by atoms with van der Waals surface area (Å²) in [6, 6.07) is 3.78. The molecule has 3 rings (SSSR count).